The molecule has 1 N–H and O–H groups in total. The lowest BCUT2D eigenvalue weighted by Gasteiger charge is -2.38. The number of amides is 1. The highest BCUT2D eigenvalue weighted by molar-refractivity contribution is 7.84. The Hall–Kier alpha value is -3.11. The molecule has 1 amide bonds. The fourth-order valence-corrected chi connectivity index (χ4v) is 3.50. The molecule has 0 saturated heterocycles. The maximum absolute atomic E-state index is 12.5. The van der Waals surface area contributed by atoms with E-state index in [1.54, 1.807) is 13.2 Å². The van der Waals surface area contributed by atoms with Crippen LogP contribution in [0.25, 0.3) is 0 Å². The Bertz CT molecular complexity index is 981. The van der Waals surface area contributed by atoms with Crippen LogP contribution in [0.3, 0.4) is 0 Å². The van der Waals surface area contributed by atoms with Crippen LogP contribution in [0.1, 0.15) is 24.2 Å². The zero-order valence-corrected chi connectivity index (χ0v) is 16.8. The molecule has 1 aliphatic rings. The average molecular weight is 395 g/mol. The number of nitriles is 1. The zero-order valence-electron chi connectivity index (χ0n) is 15.9. The van der Waals surface area contributed by atoms with Gasteiger partial charge in [0, 0.05) is 5.69 Å². The van der Waals surface area contributed by atoms with E-state index in [2.05, 4.69) is 17.9 Å². The minimum atomic E-state index is -0.552. The van der Waals surface area contributed by atoms with Gasteiger partial charge in [-0.2, -0.15) is 5.26 Å². The number of rotatable bonds is 5. The molecule has 1 heterocycles. The van der Waals surface area contributed by atoms with Gasteiger partial charge in [0.1, 0.15) is 17.8 Å². The molecule has 0 bridgehead atoms. The largest absolute Gasteiger partial charge is 0.493 e. The number of nitrogens with one attached hydrogen (secondary N) is 1. The molecule has 0 radical (unpaired) electrons. The van der Waals surface area contributed by atoms with Crippen molar-refractivity contribution in [1.82, 2.24) is 5.32 Å². The van der Waals surface area contributed by atoms with Gasteiger partial charge in [0.2, 0.25) is 0 Å². The van der Waals surface area contributed by atoms with Crippen LogP contribution in [0.5, 0.6) is 11.5 Å². The SMILES string of the molecule is CCOc1ccc(C2NC(=O)C(C#N)=C(S)N2c2cccc(C)c2)cc1OC. The van der Waals surface area contributed by atoms with E-state index in [1.165, 1.54) is 0 Å². The first-order chi connectivity index (χ1) is 13.5. The average Bonchev–Trinajstić information content (AvgIpc) is 2.68. The number of methoxy groups -OCH3 is 1. The molecule has 144 valence electrons. The maximum Gasteiger partial charge on any atom is 0.266 e. The van der Waals surface area contributed by atoms with Crippen LogP contribution in [0.15, 0.2) is 53.1 Å². The van der Waals surface area contributed by atoms with E-state index in [1.807, 2.05) is 61.2 Å². The van der Waals surface area contributed by atoms with Gasteiger partial charge in [0.25, 0.3) is 5.91 Å². The molecule has 1 atom stereocenters. The summed E-state index contributed by atoms with van der Waals surface area (Å²) in [6.07, 6.45) is -0.552. The summed E-state index contributed by atoms with van der Waals surface area (Å²) in [4.78, 5) is 14.3. The Morgan fingerprint density at radius 3 is 2.68 bits per heavy atom. The molecule has 2 aromatic rings. The predicted octanol–water partition coefficient (Wildman–Crippen LogP) is 3.70. The van der Waals surface area contributed by atoms with E-state index in [4.69, 9.17) is 9.47 Å². The third kappa shape index (κ3) is 3.64. The topological polar surface area (TPSA) is 74.6 Å². The standard InChI is InChI=1S/C21H21N3O3S/c1-4-27-17-9-8-14(11-18(17)26-3)19-23-20(25)16(12-22)21(28)24(19)15-7-5-6-13(2)10-15/h5-11,19,28H,4H2,1-3H3,(H,23,25). The van der Waals surface area contributed by atoms with Crippen molar-refractivity contribution in [3.05, 3.63) is 64.2 Å². The quantitative estimate of drug-likeness (QED) is 0.755. The van der Waals surface area contributed by atoms with E-state index in [-0.39, 0.29) is 5.57 Å². The Morgan fingerprint density at radius 1 is 1.25 bits per heavy atom. The highest BCUT2D eigenvalue weighted by Gasteiger charge is 2.34. The first kappa shape index (κ1) is 19.6. The summed E-state index contributed by atoms with van der Waals surface area (Å²) >= 11 is 4.51. The lowest BCUT2D eigenvalue weighted by molar-refractivity contribution is -0.118. The summed E-state index contributed by atoms with van der Waals surface area (Å²) in [5.41, 5.74) is 2.62. The highest BCUT2D eigenvalue weighted by Crippen LogP contribution is 2.38. The minimum Gasteiger partial charge on any atom is -0.493 e. The van der Waals surface area contributed by atoms with E-state index in [0.29, 0.717) is 23.1 Å². The van der Waals surface area contributed by atoms with E-state index in [9.17, 15) is 10.1 Å². The molecule has 28 heavy (non-hydrogen) atoms. The molecule has 0 saturated carbocycles. The summed E-state index contributed by atoms with van der Waals surface area (Å²) in [5, 5.41) is 12.6. The number of hydrogen-bond donors (Lipinski definition) is 2. The third-order valence-corrected chi connectivity index (χ3v) is 4.84. The molecule has 1 aliphatic heterocycles. The van der Waals surface area contributed by atoms with Crippen molar-refractivity contribution in [3.63, 3.8) is 0 Å². The zero-order chi connectivity index (χ0) is 20.3. The van der Waals surface area contributed by atoms with Gasteiger partial charge >= 0.3 is 0 Å². The van der Waals surface area contributed by atoms with E-state index in [0.717, 1.165) is 16.8 Å². The number of nitrogens with zero attached hydrogens (tertiary/aromatic N) is 2. The molecule has 0 fully saturated rings. The van der Waals surface area contributed by atoms with E-state index < -0.39 is 12.1 Å². The number of aryl methyl sites for hydroxylation is 1. The number of benzene rings is 2. The van der Waals surface area contributed by atoms with Crippen molar-refractivity contribution < 1.29 is 14.3 Å². The molecule has 2 aromatic carbocycles. The number of anilines is 1. The van der Waals surface area contributed by atoms with Gasteiger partial charge in [-0.15, -0.1) is 12.6 Å². The lowest BCUT2D eigenvalue weighted by Crippen LogP contribution is -2.46. The Balaban J connectivity index is 2.14. The van der Waals surface area contributed by atoms with Gasteiger partial charge in [-0.1, -0.05) is 18.2 Å². The summed E-state index contributed by atoms with van der Waals surface area (Å²) in [5.74, 6) is 0.722. The lowest BCUT2D eigenvalue weighted by atomic mass is 10.1. The molecular formula is C21H21N3O3S. The van der Waals surface area contributed by atoms with Crippen LogP contribution < -0.4 is 19.7 Å². The second-order valence-electron chi connectivity index (χ2n) is 6.24. The Kier molecular flexibility index (Phi) is 5.81. The number of thiol groups is 1. The molecule has 0 aromatic heterocycles. The van der Waals surface area contributed by atoms with Gasteiger partial charge in [-0.25, -0.2) is 0 Å². The van der Waals surface area contributed by atoms with Gasteiger partial charge in [-0.3, -0.25) is 4.79 Å². The third-order valence-electron chi connectivity index (χ3n) is 4.40. The van der Waals surface area contributed by atoms with Crippen LogP contribution in [0, 0.1) is 18.3 Å². The second kappa shape index (κ2) is 8.28. The molecule has 0 spiro atoms. The summed E-state index contributed by atoms with van der Waals surface area (Å²) in [6, 6.07) is 15.2. The highest BCUT2D eigenvalue weighted by atomic mass is 32.1. The summed E-state index contributed by atoms with van der Waals surface area (Å²) < 4.78 is 11.0. The van der Waals surface area contributed by atoms with Crippen molar-refractivity contribution >= 4 is 24.2 Å². The maximum atomic E-state index is 12.5. The smallest absolute Gasteiger partial charge is 0.266 e. The van der Waals surface area contributed by atoms with Crippen LogP contribution >= 0.6 is 12.6 Å². The van der Waals surface area contributed by atoms with E-state index >= 15 is 0 Å². The van der Waals surface area contributed by atoms with Gasteiger partial charge in [-0.05, 0) is 49.2 Å². The molecule has 0 aliphatic carbocycles. The minimum absolute atomic E-state index is 0.0287. The van der Waals surface area contributed by atoms with Gasteiger partial charge < -0.3 is 19.7 Å². The number of carbonyl (C=O) groups excluding carboxylic acids is 1. The summed E-state index contributed by atoms with van der Waals surface area (Å²) in [6.45, 7) is 4.39. The van der Waals surface area contributed by atoms with Crippen LogP contribution in [0.2, 0.25) is 0 Å². The van der Waals surface area contributed by atoms with Crippen molar-refractivity contribution in [2.75, 3.05) is 18.6 Å². The first-order valence-corrected chi connectivity index (χ1v) is 9.25. The summed E-state index contributed by atoms with van der Waals surface area (Å²) in [7, 11) is 1.57. The molecule has 1 unspecified atom stereocenters. The molecular weight excluding hydrogens is 374 g/mol. The normalized spacial score (nSPS) is 16.5. The fraction of sp³-hybridized carbons (Fsp3) is 0.238. The second-order valence-corrected chi connectivity index (χ2v) is 6.66. The Labute approximate surface area is 169 Å². The molecule has 7 heteroatoms. The number of ether oxygens (including phenoxy) is 2. The number of hydrogen-bond acceptors (Lipinski definition) is 6. The van der Waals surface area contributed by atoms with Crippen molar-refractivity contribution in [3.8, 4) is 17.6 Å². The number of carbonyl (C=O) groups is 1. The predicted molar refractivity (Wildman–Crippen MR) is 110 cm³/mol. The van der Waals surface area contributed by atoms with Crippen molar-refractivity contribution in [2.24, 2.45) is 0 Å². The van der Waals surface area contributed by atoms with Crippen LogP contribution in [0.4, 0.5) is 5.69 Å². The fourth-order valence-electron chi connectivity index (χ4n) is 3.12. The van der Waals surface area contributed by atoms with Crippen molar-refractivity contribution in [2.45, 2.75) is 20.0 Å². The Morgan fingerprint density at radius 2 is 2.04 bits per heavy atom. The van der Waals surface area contributed by atoms with Crippen molar-refractivity contribution in [1.29, 1.82) is 5.26 Å². The molecule has 3 rings (SSSR count). The molecule has 6 nitrogen and oxygen atoms in total. The first-order valence-electron chi connectivity index (χ1n) is 8.81. The van der Waals surface area contributed by atoms with Crippen LogP contribution in [-0.4, -0.2) is 19.6 Å². The van der Waals surface area contributed by atoms with Crippen LogP contribution in [-0.2, 0) is 4.79 Å². The monoisotopic (exact) mass is 395 g/mol. The van der Waals surface area contributed by atoms with Gasteiger partial charge in [0.15, 0.2) is 11.5 Å². The van der Waals surface area contributed by atoms with Gasteiger partial charge in [0.05, 0.1) is 18.7 Å².